The van der Waals surface area contributed by atoms with Crippen LogP contribution in [0.5, 0.6) is 0 Å². The zero-order valence-electron chi connectivity index (χ0n) is 11.4. The first-order chi connectivity index (χ1) is 9.38. The van der Waals surface area contributed by atoms with E-state index in [0.717, 1.165) is 6.07 Å². The number of hydrogen-bond donors (Lipinski definition) is 2. The maximum atomic E-state index is 13.2. The molecule has 1 saturated heterocycles. The molecule has 0 amide bonds. The topological polar surface area (TPSA) is 81.4 Å². The van der Waals surface area contributed by atoms with Crippen LogP contribution in [0.1, 0.15) is 18.4 Å². The second-order valence-electron chi connectivity index (χ2n) is 5.11. The van der Waals surface area contributed by atoms with Crippen LogP contribution in [-0.4, -0.2) is 33.7 Å². The van der Waals surface area contributed by atoms with Crippen LogP contribution >= 0.6 is 0 Å². The van der Waals surface area contributed by atoms with E-state index in [1.807, 2.05) is 0 Å². The Morgan fingerprint density at radius 3 is 2.60 bits per heavy atom. The Labute approximate surface area is 118 Å². The first-order valence-electron chi connectivity index (χ1n) is 6.46. The van der Waals surface area contributed by atoms with Crippen molar-refractivity contribution in [1.29, 1.82) is 0 Å². The molecule has 3 N–H and O–H groups in total. The van der Waals surface area contributed by atoms with Crippen LogP contribution in [0.25, 0.3) is 0 Å². The average molecular weight is 302 g/mol. The molecular formula is C13H19FN2O3S. The van der Waals surface area contributed by atoms with E-state index in [2.05, 4.69) is 4.72 Å². The molecule has 1 fully saturated rings. The summed E-state index contributed by atoms with van der Waals surface area (Å²) >= 11 is 0. The number of halogens is 1. The fraction of sp³-hybridized carbons (Fsp3) is 0.538. The summed E-state index contributed by atoms with van der Waals surface area (Å²) in [5.74, 6) is -0.427. The van der Waals surface area contributed by atoms with Crippen molar-refractivity contribution in [3.05, 3.63) is 29.6 Å². The molecule has 0 radical (unpaired) electrons. The molecular weight excluding hydrogens is 283 g/mol. The third-order valence-corrected chi connectivity index (χ3v) is 5.21. The van der Waals surface area contributed by atoms with Crippen LogP contribution in [0, 0.1) is 12.7 Å². The summed E-state index contributed by atoms with van der Waals surface area (Å²) in [6.07, 6.45) is 1.06. The molecule has 1 aromatic rings. The summed E-state index contributed by atoms with van der Waals surface area (Å²) in [6.45, 7) is 2.68. The highest BCUT2D eigenvalue weighted by atomic mass is 32.2. The molecule has 0 aromatic heterocycles. The van der Waals surface area contributed by atoms with Crippen molar-refractivity contribution in [2.75, 3.05) is 19.8 Å². The standard InChI is InChI=1S/C13H19FN2O3S/c1-10-8-11(2-3-12(10)14)20(17,18)16-13(9-15)4-6-19-7-5-13/h2-3,8,16H,4-7,9,15H2,1H3. The smallest absolute Gasteiger partial charge is 0.241 e. The van der Waals surface area contributed by atoms with Gasteiger partial charge in [0.15, 0.2) is 0 Å². The van der Waals surface area contributed by atoms with Crippen molar-refractivity contribution in [3.8, 4) is 0 Å². The summed E-state index contributed by atoms with van der Waals surface area (Å²) in [4.78, 5) is 0.0516. The maximum absolute atomic E-state index is 13.2. The second-order valence-corrected chi connectivity index (χ2v) is 6.80. The Kier molecular flexibility index (Phi) is 4.43. The number of sulfonamides is 1. The van der Waals surface area contributed by atoms with Gasteiger partial charge in [0.1, 0.15) is 5.82 Å². The Hall–Kier alpha value is -1.02. The van der Waals surface area contributed by atoms with Gasteiger partial charge in [-0.05, 0) is 43.5 Å². The number of ether oxygens (including phenoxy) is 1. The van der Waals surface area contributed by atoms with Crippen LogP contribution < -0.4 is 10.5 Å². The summed E-state index contributed by atoms with van der Waals surface area (Å²) in [7, 11) is -3.72. The monoisotopic (exact) mass is 302 g/mol. The predicted molar refractivity (Wildman–Crippen MR) is 73.3 cm³/mol. The van der Waals surface area contributed by atoms with Crippen molar-refractivity contribution in [2.24, 2.45) is 5.73 Å². The van der Waals surface area contributed by atoms with Crippen LogP contribution in [-0.2, 0) is 14.8 Å². The Morgan fingerprint density at radius 1 is 1.40 bits per heavy atom. The molecule has 112 valence electrons. The molecule has 0 atom stereocenters. The Morgan fingerprint density at radius 2 is 2.05 bits per heavy atom. The molecule has 0 unspecified atom stereocenters. The summed E-state index contributed by atoms with van der Waals surface area (Å²) in [5, 5.41) is 0. The Bertz CT molecular complexity index is 583. The van der Waals surface area contributed by atoms with Gasteiger partial charge < -0.3 is 10.5 Å². The molecule has 5 nitrogen and oxygen atoms in total. The first kappa shape index (κ1) is 15.4. The van der Waals surface area contributed by atoms with Gasteiger partial charge in [-0.2, -0.15) is 0 Å². The normalized spacial score (nSPS) is 18.9. The molecule has 2 rings (SSSR count). The van der Waals surface area contributed by atoms with Crippen molar-refractivity contribution in [1.82, 2.24) is 4.72 Å². The van der Waals surface area contributed by atoms with E-state index in [1.54, 1.807) is 0 Å². The number of nitrogens with two attached hydrogens (primary N) is 1. The molecule has 1 aliphatic rings. The van der Waals surface area contributed by atoms with E-state index in [0.29, 0.717) is 31.6 Å². The fourth-order valence-corrected chi connectivity index (χ4v) is 3.79. The molecule has 0 saturated carbocycles. The van der Waals surface area contributed by atoms with Crippen LogP contribution in [0.4, 0.5) is 4.39 Å². The van der Waals surface area contributed by atoms with Gasteiger partial charge in [0.2, 0.25) is 10.0 Å². The second kappa shape index (κ2) is 5.77. The molecule has 1 aliphatic heterocycles. The number of rotatable bonds is 4. The van der Waals surface area contributed by atoms with Crippen LogP contribution in [0.3, 0.4) is 0 Å². The van der Waals surface area contributed by atoms with Gasteiger partial charge in [-0.3, -0.25) is 0 Å². The SMILES string of the molecule is Cc1cc(S(=O)(=O)NC2(CN)CCOCC2)ccc1F. The molecule has 1 heterocycles. The third kappa shape index (κ3) is 3.17. The van der Waals surface area contributed by atoms with E-state index in [1.165, 1.54) is 19.1 Å². The highest BCUT2D eigenvalue weighted by molar-refractivity contribution is 7.89. The van der Waals surface area contributed by atoms with E-state index < -0.39 is 21.4 Å². The summed E-state index contributed by atoms with van der Waals surface area (Å²) in [6, 6.07) is 3.73. The van der Waals surface area contributed by atoms with Gasteiger partial charge in [0, 0.05) is 25.3 Å². The van der Waals surface area contributed by atoms with E-state index in [9.17, 15) is 12.8 Å². The minimum atomic E-state index is -3.72. The molecule has 0 aliphatic carbocycles. The minimum absolute atomic E-state index is 0.0516. The zero-order chi connectivity index (χ0) is 14.8. The van der Waals surface area contributed by atoms with Gasteiger partial charge >= 0.3 is 0 Å². The van der Waals surface area contributed by atoms with Crippen LogP contribution in [0.15, 0.2) is 23.1 Å². The van der Waals surface area contributed by atoms with Gasteiger partial charge in [-0.1, -0.05) is 0 Å². The summed E-state index contributed by atoms with van der Waals surface area (Å²) < 4.78 is 45.9. The summed E-state index contributed by atoms with van der Waals surface area (Å²) in [5.41, 5.74) is 5.35. The van der Waals surface area contributed by atoms with E-state index in [-0.39, 0.29) is 11.4 Å². The lowest BCUT2D eigenvalue weighted by Gasteiger charge is -2.36. The van der Waals surface area contributed by atoms with Gasteiger partial charge in [-0.25, -0.2) is 17.5 Å². The highest BCUT2D eigenvalue weighted by Gasteiger charge is 2.35. The number of nitrogens with one attached hydrogen (secondary N) is 1. The lowest BCUT2D eigenvalue weighted by Crippen LogP contribution is -2.56. The molecule has 0 bridgehead atoms. The van der Waals surface area contributed by atoms with Crippen molar-refractivity contribution >= 4 is 10.0 Å². The van der Waals surface area contributed by atoms with Crippen molar-refractivity contribution in [3.63, 3.8) is 0 Å². The lowest BCUT2D eigenvalue weighted by molar-refractivity contribution is 0.0502. The molecule has 7 heteroatoms. The zero-order valence-corrected chi connectivity index (χ0v) is 12.2. The largest absolute Gasteiger partial charge is 0.381 e. The quantitative estimate of drug-likeness (QED) is 0.866. The third-order valence-electron chi connectivity index (χ3n) is 3.63. The van der Waals surface area contributed by atoms with E-state index in [4.69, 9.17) is 10.5 Å². The van der Waals surface area contributed by atoms with Gasteiger partial charge in [0.05, 0.1) is 4.90 Å². The van der Waals surface area contributed by atoms with Gasteiger partial charge in [0.25, 0.3) is 0 Å². The Balaban J connectivity index is 2.27. The maximum Gasteiger partial charge on any atom is 0.241 e. The fourth-order valence-electron chi connectivity index (χ4n) is 2.24. The van der Waals surface area contributed by atoms with Crippen molar-refractivity contribution in [2.45, 2.75) is 30.2 Å². The number of hydrogen-bond acceptors (Lipinski definition) is 4. The lowest BCUT2D eigenvalue weighted by atomic mass is 9.92. The number of benzene rings is 1. The van der Waals surface area contributed by atoms with Gasteiger partial charge in [-0.15, -0.1) is 0 Å². The van der Waals surface area contributed by atoms with Crippen LogP contribution in [0.2, 0.25) is 0 Å². The predicted octanol–water partition coefficient (Wildman–Crippen LogP) is 0.920. The molecule has 1 aromatic carbocycles. The minimum Gasteiger partial charge on any atom is -0.381 e. The number of aryl methyl sites for hydroxylation is 1. The average Bonchev–Trinajstić information content (AvgIpc) is 2.42. The van der Waals surface area contributed by atoms with E-state index >= 15 is 0 Å². The first-order valence-corrected chi connectivity index (χ1v) is 7.95. The highest BCUT2D eigenvalue weighted by Crippen LogP contribution is 2.23. The molecule has 20 heavy (non-hydrogen) atoms. The van der Waals surface area contributed by atoms with Crippen molar-refractivity contribution < 1.29 is 17.5 Å². The molecule has 0 spiro atoms.